The summed E-state index contributed by atoms with van der Waals surface area (Å²) in [5, 5.41) is 0. The molecule has 4 rings (SSSR count). The first-order valence-electron chi connectivity index (χ1n) is 8.74. The molecule has 1 nitrogen and oxygen atoms in total. The molecule has 4 aliphatic carbocycles. The molecule has 0 amide bonds. The normalized spacial score (nSPS) is 54.2. The van der Waals surface area contributed by atoms with Crippen molar-refractivity contribution in [2.24, 2.45) is 34.5 Å². The molecule has 0 bridgehead atoms. The molecule has 0 radical (unpaired) electrons. The lowest BCUT2D eigenvalue weighted by atomic mass is 9.46. The molecular formula is C19H28O. The van der Waals surface area contributed by atoms with Crippen LogP contribution in [0.2, 0.25) is 0 Å². The minimum absolute atomic E-state index is 0.0505. The van der Waals surface area contributed by atoms with Crippen LogP contribution in [0.25, 0.3) is 0 Å². The van der Waals surface area contributed by atoms with E-state index >= 15 is 0 Å². The molecular weight excluding hydrogens is 244 g/mol. The summed E-state index contributed by atoms with van der Waals surface area (Å²) in [6, 6.07) is 0. The van der Waals surface area contributed by atoms with E-state index in [9.17, 15) is 4.79 Å². The van der Waals surface area contributed by atoms with E-state index < -0.39 is 0 Å². The Morgan fingerprint density at radius 3 is 2.75 bits per heavy atom. The molecule has 1 heteroatoms. The van der Waals surface area contributed by atoms with Crippen LogP contribution in [0, 0.1) is 34.5 Å². The van der Waals surface area contributed by atoms with Gasteiger partial charge in [-0.3, -0.25) is 4.79 Å². The van der Waals surface area contributed by atoms with Gasteiger partial charge in [-0.15, -0.1) is 0 Å². The molecule has 0 heterocycles. The van der Waals surface area contributed by atoms with Gasteiger partial charge in [-0.05, 0) is 74.0 Å². The van der Waals surface area contributed by atoms with E-state index in [1.54, 1.807) is 0 Å². The molecule has 6 atom stereocenters. The Morgan fingerprint density at radius 1 is 1.05 bits per heavy atom. The van der Waals surface area contributed by atoms with Gasteiger partial charge >= 0.3 is 0 Å². The van der Waals surface area contributed by atoms with Crippen molar-refractivity contribution in [2.75, 3.05) is 0 Å². The molecule has 0 saturated heterocycles. The predicted molar refractivity (Wildman–Crippen MR) is 81.3 cm³/mol. The maximum Gasteiger partial charge on any atom is 0.139 e. The van der Waals surface area contributed by atoms with Gasteiger partial charge in [-0.2, -0.15) is 0 Å². The average molecular weight is 272 g/mol. The second kappa shape index (κ2) is 4.21. The molecule has 0 aromatic carbocycles. The number of carbonyl (C=O) groups is 1. The van der Waals surface area contributed by atoms with E-state index in [0.29, 0.717) is 17.1 Å². The number of allylic oxidation sites excluding steroid dienone is 2. The Labute approximate surface area is 123 Å². The zero-order valence-electron chi connectivity index (χ0n) is 13.0. The summed E-state index contributed by atoms with van der Waals surface area (Å²) in [7, 11) is 0. The minimum Gasteiger partial charge on any atom is -0.299 e. The largest absolute Gasteiger partial charge is 0.299 e. The zero-order valence-corrected chi connectivity index (χ0v) is 13.0. The minimum atomic E-state index is 0.0505. The third-order valence-electron chi connectivity index (χ3n) is 7.92. The lowest BCUT2D eigenvalue weighted by Gasteiger charge is -2.58. The highest BCUT2D eigenvalue weighted by Crippen LogP contribution is 2.64. The fraction of sp³-hybridized carbons (Fsp3) is 0.842. The standard InChI is InChI=1S/C19H28O/c1-18-11-4-3-5-13(18)6-7-14-15-8-9-17(20)19(15,2)12-10-16(14)18/h3-4,13-16H,5-12H2,1-2H3/t13-,14+,15-,16+,18+,19-/m1/s1. The van der Waals surface area contributed by atoms with Crippen LogP contribution in [0.15, 0.2) is 12.2 Å². The highest BCUT2D eigenvalue weighted by atomic mass is 16.1. The quantitative estimate of drug-likeness (QED) is 0.581. The molecule has 0 spiro atoms. The van der Waals surface area contributed by atoms with Crippen molar-refractivity contribution >= 4 is 5.78 Å². The van der Waals surface area contributed by atoms with Crippen molar-refractivity contribution in [3.8, 4) is 0 Å². The van der Waals surface area contributed by atoms with Gasteiger partial charge in [0.2, 0.25) is 0 Å². The Morgan fingerprint density at radius 2 is 1.90 bits per heavy atom. The van der Waals surface area contributed by atoms with Crippen molar-refractivity contribution in [3.05, 3.63) is 12.2 Å². The first kappa shape index (κ1) is 13.1. The Hall–Kier alpha value is -0.590. The fourth-order valence-corrected chi connectivity index (χ4v) is 6.61. The predicted octanol–water partition coefficient (Wildman–Crippen LogP) is 4.76. The number of hydrogen-bond acceptors (Lipinski definition) is 1. The van der Waals surface area contributed by atoms with Crippen LogP contribution >= 0.6 is 0 Å². The molecule has 3 saturated carbocycles. The number of fused-ring (bicyclic) bond motifs is 5. The summed E-state index contributed by atoms with van der Waals surface area (Å²) in [5.74, 6) is 3.92. The second-order valence-electron chi connectivity index (χ2n) is 8.49. The highest BCUT2D eigenvalue weighted by molar-refractivity contribution is 5.87. The van der Waals surface area contributed by atoms with Crippen LogP contribution in [-0.2, 0) is 4.79 Å². The fourth-order valence-electron chi connectivity index (χ4n) is 6.61. The van der Waals surface area contributed by atoms with E-state index in [4.69, 9.17) is 0 Å². The van der Waals surface area contributed by atoms with Crippen LogP contribution in [0.3, 0.4) is 0 Å². The molecule has 0 N–H and O–H groups in total. The number of hydrogen-bond donors (Lipinski definition) is 0. The average Bonchev–Trinajstić information content (AvgIpc) is 2.74. The van der Waals surface area contributed by atoms with Crippen molar-refractivity contribution in [1.29, 1.82) is 0 Å². The summed E-state index contributed by atoms with van der Waals surface area (Å²) < 4.78 is 0. The maximum absolute atomic E-state index is 12.4. The number of carbonyl (C=O) groups excluding carboxylic acids is 1. The number of rotatable bonds is 0. The van der Waals surface area contributed by atoms with Gasteiger partial charge in [0.25, 0.3) is 0 Å². The van der Waals surface area contributed by atoms with Gasteiger partial charge in [0.1, 0.15) is 5.78 Å². The van der Waals surface area contributed by atoms with Crippen molar-refractivity contribution in [2.45, 2.75) is 65.2 Å². The summed E-state index contributed by atoms with van der Waals surface area (Å²) in [6.45, 7) is 4.86. The molecule has 20 heavy (non-hydrogen) atoms. The van der Waals surface area contributed by atoms with E-state index in [1.165, 1.54) is 44.9 Å². The van der Waals surface area contributed by atoms with Crippen molar-refractivity contribution in [3.63, 3.8) is 0 Å². The SMILES string of the molecule is C[C@]12CC=CC[C@@H]1CC[C@H]1[C@H]3CCC(=O)[C@]3(C)CC[C@@H]12. The van der Waals surface area contributed by atoms with Crippen LogP contribution < -0.4 is 0 Å². The van der Waals surface area contributed by atoms with Gasteiger partial charge in [-0.1, -0.05) is 26.0 Å². The van der Waals surface area contributed by atoms with Crippen LogP contribution in [0.4, 0.5) is 0 Å². The van der Waals surface area contributed by atoms with Gasteiger partial charge < -0.3 is 0 Å². The first-order valence-corrected chi connectivity index (χ1v) is 8.74. The Bertz CT molecular complexity index is 464. The van der Waals surface area contributed by atoms with Crippen LogP contribution in [0.1, 0.15) is 65.2 Å². The number of ketones is 1. The van der Waals surface area contributed by atoms with Gasteiger partial charge in [-0.25, -0.2) is 0 Å². The third-order valence-corrected chi connectivity index (χ3v) is 7.92. The van der Waals surface area contributed by atoms with Gasteiger partial charge in [0.05, 0.1) is 0 Å². The maximum atomic E-state index is 12.4. The van der Waals surface area contributed by atoms with Crippen LogP contribution in [0.5, 0.6) is 0 Å². The molecule has 0 aliphatic heterocycles. The smallest absolute Gasteiger partial charge is 0.139 e. The lowest BCUT2D eigenvalue weighted by molar-refractivity contribution is -0.136. The second-order valence-corrected chi connectivity index (χ2v) is 8.49. The molecule has 3 fully saturated rings. The van der Waals surface area contributed by atoms with Crippen molar-refractivity contribution in [1.82, 2.24) is 0 Å². The summed E-state index contributed by atoms with van der Waals surface area (Å²) >= 11 is 0. The first-order chi connectivity index (χ1) is 9.56. The third kappa shape index (κ3) is 1.53. The van der Waals surface area contributed by atoms with Crippen molar-refractivity contribution < 1.29 is 4.79 Å². The van der Waals surface area contributed by atoms with Crippen LogP contribution in [-0.4, -0.2) is 5.78 Å². The molecule has 4 aliphatic rings. The van der Waals surface area contributed by atoms with E-state index in [-0.39, 0.29) is 5.41 Å². The Kier molecular flexibility index (Phi) is 2.76. The summed E-state index contributed by atoms with van der Waals surface area (Å²) in [4.78, 5) is 12.4. The number of Topliss-reactive ketones (excluding diaryl/α,β-unsaturated/α-hetero) is 1. The van der Waals surface area contributed by atoms with E-state index in [0.717, 1.165) is 24.2 Å². The molecule has 110 valence electrons. The van der Waals surface area contributed by atoms with E-state index in [1.807, 2.05) is 0 Å². The van der Waals surface area contributed by atoms with Gasteiger partial charge in [0.15, 0.2) is 0 Å². The Balaban J connectivity index is 1.68. The van der Waals surface area contributed by atoms with E-state index in [2.05, 4.69) is 26.0 Å². The summed E-state index contributed by atoms with van der Waals surface area (Å²) in [6.07, 6.45) is 14.8. The monoisotopic (exact) mass is 272 g/mol. The molecule has 0 aromatic heterocycles. The van der Waals surface area contributed by atoms with Gasteiger partial charge in [0, 0.05) is 11.8 Å². The summed E-state index contributed by atoms with van der Waals surface area (Å²) in [5.41, 5.74) is 0.583. The zero-order chi connectivity index (χ0) is 14.0. The molecule has 0 aromatic rings. The highest BCUT2D eigenvalue weighted by Gasteiger charge is 2.59. The lowest BCUT2D eigenvalue weighted by Crippen LogP contribution is -2.52. The topological polar surface area (TPSA) is 17.1 Å². The molecule has 0 unspecified atom stereocenters.